The fourth-order valence-electron chi connectivity index (χ4n) is 6.61. The minimum absolute atomic E-state index is 0.0871. The predicted molar refractivity (Wildman–Crippen MR) is 103 cm³/mol. The maximum absolute atomic E-state index is 12.6. The van der Waals surface area contributed by atoms with Crippen molar-refractivity contribution in [1.29, 1.82) is 0 Å². The van der Waals surface area contributed by atoms with E-state index in [0.717, 1.165) is 37.0 Å². The molecule has 0 aromatic heterocycles. The van der Waals surface area contributed by atoms with Gasteiger partial charge >= 0.3 is 12.0 Å². The Morgan fingerprint density at radius 2 is 1.54 bits per heavy atom. The molecule has 0 unspecified atom stereocenters. The molecule has 0 aromatic rings. The summed E-state index contributed by atoms with van der Waals surface area (Å²) in [5, 5.41) is 5.77. The van der Waals surface area contributed by atoms with Crippen LogP contribution in [0, 0.1) is 23.7 Å². The highest BCUT2D eigenvalue weighted by molar-refractivity contribution is 5.97. The van der Waals surface area contributed by atoms with Crippen LogP contribution in [0.25, 0.3) is 0 Å². The quantitative estimate of drug-likeness (QED) is 0.716. The lowest BCUT2D eigenvalue weighted by molar-refractivity contribution is -0.147. The van der Waals surface area contributed by atoms with Gasteiger partial charge in [0.15, 0.2) is 0 Å². The Labute approximate surface area is 166 Å². The predicted octanol–water partition coefficient (Wildman–Crippen LogP) is 2.05. The van der Waals surface area contributed by atoms with E-state index in [2.05, 4.69) is 10.6 Å². The van der Waals surface area contributed by atoms with Crippen LogP contribution in [0.1, 0.15) is 58.3 Å². The number of amides is 3. The van der Waals surface area contributed by atoms with Crippen LogP contribution in [-0.2, 0) is 14.3 Å². The molecular formula is C21H33N3O4. The van der Waals surface area contributed by atoms with Crippen molar-refractivity contribution in [2.45, 2.75) is 69.9 Å². The first-order valence-corrected chi connectivity index (χ1v) is 10.8. The summed E-state index contributed by atoms with van der Waals surface area (Å²) in [6, 6.07) is -0.732. The second-order valence-corrected chi connectivity index (χ2v) is 9.65. The largest absolute Gasteiger partial charge is 0.469 e. The lowest BCUT2D eigenvalue weighted by atomic mass is 9.53. The topological polar surface area (TPSA) is 87.7 Å². The second kappa shape index (κ2) is 7.65. The Kier molecular flexibility index (Phi) is 5.38. The normalized spacial score (nSPS) is 36.0. The van der Waals surface area contributed by atoms with Gasteiger partial charge < -0.3 is 10.1 Å². The summed E-state index contributed by atoms with van der Waals surface area (Å²) in [6.45, 7) is 3.14. The molecule has 5 aliphatic rings. The highest BCUT2D eigenvalue weighted by Gasteiger charge is 2.51. The van der Waals surface area contributed by atoms with Crippen LogP contribution in [0.5, 0.6) is 0 Å². The fourth-order valence-corrected chi connectivity index (χ4v) is 6.61. The van der Waals surface area contributed by atoms with Crippen LogP contribution in [-0.4, -0.2) is 54.6 Å². The highest BCUT2D eigenvalue weighted by Crippen LogP contribution is 2.55. The zero-order chi connectivity index (χ0) is 19.9. The smallest absolute Gasteiger partial charge is 0.321 e. The molecule has 0 spiro atoms. The second-order valence-electron chi connectivity index (χ2n) is 9.65. The van der Waals surface area contributed by atoms with E-state index in [1.54, 1.807) is 0 Å². The first kappa shape index (κ1) is 19.7. The van der Waals surface area contributed by atoms with E-state index in [-0.39, 0.29) is 35.4 Å². The van der Waals surface area contributed by atoms with E-state index >= 15 is 0 Å². The fraction of sp³-hybridized carbons (Fsp3) is 0.857. The van der Waals surface area contributed by atoms with Gasteiger partial charge in [0.2, 0.25) is 5.91 Å². The standard InChI is InChI=1S/C21H33N3O4/c1-13(24-5-3-17(4-6-24)19(26)28-2)18(25)22-20(27)23-21-10-14-7-15(11-21)9-16(8-14)12-21/h13-17H,3-12H2,1-2H3,(H2,22,23,25,27)/t13-,14?,15?,16?,21?/m0/s1. The summed E-state index contributed by atoms with van der Waals surface area (Å²) >= 11 is 0. The van der Waals surface area contributed by atoms with E-state index in [1.807, 2.05) is 11.8 Å². The summed E-state index contributed by atoms with van der Waals surface area (Å²) in [4.78, 5) is 38.9. The van der Waals surface area contributed by atoms with E-state index in [9.17, 15) is 14.4 Å². The van der Waals surface area contributed by atoms with Crippen molar-refractivity contribution in [3.63, 3.8) is 0 Å². The summed E-state index contributed by atoms with van der Waals surface area (Å²) < 4.78 is 4.81. The molecule has 4 saturated carbocycles. The van der Waals surface area contributed by atoms with Gasteiger partial charge in [-0.2, -0.15) is 0 Å². The number of likely N-dealkylation sites (tertiary alicyclic amines) is 1. The van der Waals surface area contributed by atoms with Crippen LogP contribution in [0.2, 0.25) is 0 Å². The van der Waals surface area contributed by atoms with Crippen LogP contribution >= 0.6 is 0 Å². The zero-order valence-corrected chi connectivity index (χ0v) is 17.0. The molecule has 7 heteroatoms. The van der Waals surface area contributed by atoms with Crippen molar-refractivity contribution in [2.24, 2.45) is 23.7 Å². The molecule has 4 bridgehead atoms. The molecule has 1 saturated heterocycles. The van der Waals surface area contributed by atoms with Gasteiger partial charge in [-0.1, -0.05) is 0 Å². The number of ether oxygens (including phenoxy) is 1. The number of nitrogens with zero attached hydrogens (tertiary/aromatic N) is 1. The third-order valence-corrected chi connectivity index (χ3v) is 7.64. The number of imide groups is 1. The molecule has 5 fully saturated rings. The number of hydrogen-bond acceptors (Lipinski definition) is 5. The first-order chi connectivity index (χ1) is 13.4. The first-order valence-electron chi connectivity index (χ1n) is 10.8. The summed E-state index contributed by atoms with van der Waals surface area (Å²) in [5.74, 6) is 1.72. The van der Waals surface area contributed by atoms with Crippen molar-refractivity contribution >= 4 is 17.9 Å². The van der Waals surface area contributed by atoms with E-state index in [1.165, 1.54) is 26.4 Å². The molecule has 2 N–H and O–H groups in total. The van der Waals surface area contributed by atoms with Crippen LogP contribution in [0.15, 0.2) is 0 Å². The van der Waals surface area contributed by atoms with Crippen LogP contribution in [0.4, 0.5) is 4.79 Å². The molecule has 0 aromatic carbocycles. The van der Waals surface area contributed by atoms with E-state index in [4.69, 9.17) is 4.74 Å². The van der Waals surface area contributed by atoms with Crippen molar-refractivity contribution < 1.29 is 19.1 Å². The van der Waals surface area contributed by atoms with E-state index < -0.39 is 0 Å². The lowest BCUT2D eigenvalue weighted by Gasteiger charge is -2.56. The summed E-state index contributed by atoms with van der Waals surface area (Å²) in [6.07, 6.45) is 8.53. The van der Waals surface area contributed by atoms with Gasteiger partial charge in [-0.25, -0.2) is 4.79 Å². The van der Waals surface area contributed by atoms with E-state index in [0.29, 0.717) is 25.9 Å². The summed E-state index contributed by atoms with van der Waals surface area (Å²) in [7, 11) is 1.41. The third-order valence-electron chi connectivity index (χ3n) is 7.64. The van der Waals surface area contributed by atoms with Gasteiger partial charge in [0.25, 0.3) is 0 Å². The SMILES string of the molecule is COC(=O)C1CCN([C@@H](C)C(=O)NC(=O)NC23CC4CC(CC(C4)C2)C3)CC1. The van der Waals surface area contributed by atoms with Crippen molar-refractivity contribution in [3.05, 3.63) is 0 Å². The minimum Gasteiger partial charge on any atom is -0.469 e. The molecule has 28 heavy (non-hydrogen) atoms. The number of carbonyl (C=O) groups excluding carboxylic acids is 3. The zero-order valence-electron chi connectivity index (χ0n) is 17.0. The Bertz CT molecular complexity index is 606. The van der Waals surface area contributed by atoms with Gasteiger partial charge in [-0.15, -0.1) is 0 Å². The number of rotatable bonds is 4. The molecule has 3 amide bonds. The highest BCUT2D eigenvalue weighted by atomic mass is 16.5. The van der Waals surface area contributed by atoms with Crippen LogP contribution < -0.4 is 10.6 Å². The number of piperidine rings is 1. The third kappa shape index (κ3) is 3.91. The number of nitrogens with one attached hydrogen (secondary N) is 2. The van der Waals surface area contributed by atoms with Crippen LogP contribution in [0.3, 0.4) is 0 Å². The molecule has 0 radical (unpaired) electrons. The van der Waals surface area contributed by atoms with Gasteiger partial charge in [0.05, 0.1) is 19.1 Å². The number of methoxy groups -OCH3 is 1. The van der Waals surface area contributed by atoms with Gasteiger partial charge in [0.1, 0.15) is 0 Å². The number of hydrogen-bond donors (Lipinski definition) is 2. The maximum atomic E-state index is 12.6. The molecule has 1 aliphatic heterocycles. The molecule has 4 aliphatic carbocycles. The number of esters is 1. The monoisotopic (exact) mass is 391 g/mol. The van der Waals surface area contributed by atoms with Crippen molar-refractivity contribution in [2.75, 3.05) is 20.2 Å². The summed E-state index contributed by atoms with van der Waals surface area (Å²) in [5.41, 5.74) is -0.0960. The number of carbonyl (C=O) groups is 3. The molecule has 1 atom stereocenters. The molecule has 7 nitrogen and oxygen atoms in total. The molecule has 5 rings (SSSR count). The molecular weight excluding hydrogens is 358 g/mol. The lowest BCUT2D eigenvalue weighted by Crippen LogP contribution is -2.62. The average Bonchev–Trinajstić information content (AvgIpc) is 2.65. The molecule has 1 heterocycles. The Morgan fingerprint density at radius 3 is 2.04 bits per heavy atom. The van der Waals surface area contributed by atoms with Crippen molar-refractivity contribution in [3.8, 4) is 0 Å². The van der Waals surface area contributed by atoms with Gasteiger partial charge in [-0.3, -0.25) is 19.8 Å². The Balaban J connectivity index is 1.27. The van der Waals surface area contributed by atoms with Gasteiger partial charge in [-0.05, 0) is 89.1 Å². The minimum atomic E-state index is -0.388. The van der Waals surface area contributed by atoms with Gasteiger partial charge in [0, 0.05) is 5.54 Å². The molecule has 156 valence electrons. The Hall–Kier alpha value is -1.63. The number of urea groups is 1. The Morgan fingerprint density at radius 1 is 1.00 bits per heavy atom. The van der Waals surface area contributed by atoms with Crippen molar-refractivity contribution in [1.82, 2.24) is 15.5 Å². The maximum Gasteiger partial charge on any atom is 0.321 e. The average molecular weight is 392 g/mol.